The predicted octanol–water partition coefficient (Wildman–Crippen LogP) is 3.86. The summed E-state index contributed by atoms with van der Waals surface area (Å²) >= 11 is 8.99. The molecule has 3 fully saturated rings. The van der Waals surface area contributed by atoms with E-state index in [0.717, 1.165) is 27.6 Å². The minimum absolute atomic E-state index is 0.0151. The van der Waals surface area contributed by atoms with Gasteiger partial charge >= 0.3 is 0 Å². The van der Waals surface area contributed by atoms with Crippen LogP contribution in [0.2, 0.25) is 4.34 Å². The van der Waals surface area contributed by atoms with Gasteiger partial charge in [0.25, 0.3) is 0 Å². The number of halogens is 1. The summed E-state index contributed by atoms with van der Waals surface area (Å²) in [6, 6.07) is 3.76. The first-order valence-corrected chi connectivity index (χ1v) is 10.0. The standard InChI is InChI=1S/C17H14ClNO3S2/c1-6-14(19-17(23-6)9-4-5-10(18)24-9)13-15(20)11-7-2-3-8(22-7)12(11)16(13)21/h4-5,7-8,11-13H,2-3H2,1H3/t7-,8+,11+,12-,13?. The van der Waals surface area contributed by atoms with E-state index in [2.05, 4.69) is 4.98 Å². The van der Waals surface area contributed by atoms with Crippen LogP contribution in [-0.2, 0) is 14.3 Å². The maximum atomic E-state index is 12.9. The van der Waals surface area contributed by atoms with Gasteiger partial charge in [0, 0.05) is 4.88 Å². The van der Waals surface area contributed by atoms with Gasteiger partial charge < -0.3 is 4.74 Å². The molecule has 24 heavy (non-hydrogen) atoms. The van der Waals surface area contributed by atoms with E-state index in [4.69, 9.17) is 16.3 Å². The molecule has 4 heterocycles. The zero-order valence-electron chi connectivity index (χ0n) is 12.8. The van der Waals surface area contributed by atoms with Crippen molar-refractivity contribution in [3.05, 3.63) is 27.0 Å². The van der Waals surface area contributed by atoms with Gasteiger partial charge in [-0.1, -0.05) is 11.6 Å². The number of carbonyl (C=O) groups is 2. The van der Waals surface area contributed by atoms with Crippen molar-refractivity contribution < 1.29 is 14.3 Å². The van der Waals surface area contributed by atoms with E-state index in [0.29, 0.717) is 10.0 Å². The van der Waals surface area contributed by atoms with Gasteiger partial charge in [-0.15, -0.1) is 22.7 Å². The summed E-state index contributed by atoms with van der Waals surface area (Å²) in [7, 11) is 0. The van der Waals surface area contributed by atoms with Gasteiger partial charge in [-0.25, -0.2) is 4.98 Å². The van der Waals surface area contributed by atoms with Gasteiger partial charge in [0.15, 0.2) is 11.6 Å². The highest BCUT2D eigenvalue weighted by atomic mass is 35.5. The molecule has 124 valence electrons. The molecule has 1 aliphatic carbocycles. The van der Waals surface area contributed by atoms with Crippen molar-refractivity contribution in [2.45, 2.75) is 37.9 Å². The smallest absolute Gasteiger partial charge is 0.155 e. The normalized spacial score (nSPS) is 34.3. The van der Waals surface area contributed by atoms with Gasteiger partial charge in [-0.2, -0.15) is 0 Å². The molecule has 7 heteroatoms. The summed E-state index contributed by atoms with van der Waals surface area (Å²) in [6.07, 6.45) is 1.67. The molecular formula is C17H14ClNO3S2. The Balaban J connectivity index is 1.54. The number of aromatic nitrogens is 1. The van der Waals surface area contributed by atoms with Gasteiger partial charge in [-0.05, 0) is 31.9 Å². The Bertz CT molecular complexity index is 845. The van der Waals surface area contributed by atoms with Crippen molar-refractivity contribution in [1.82, 2.24) is 4.98 Å². The van der Waals surface area contributed by atoms with Crippen LogP contribution in [0.4, 0.5) is 0 Å². The van der Waals surface area contributed by atoms with Gasteiger partial charge in [0.2, 0.25) is 0 Å². The third-order valence-electron chi connectivity index (χ3n) is 5.39. The van der Waals surface area contributed by atoms with Gasteiger partial charge in [-0.3, -0.25) is 9.59 Å². The Labute approximate surface area is 151 Å². The van der Waals surface area contributed by atoms with Crippen molar-refractivity contribution in [3.8, 4) is 9.88 Å². The molecule has 0 aromatic carbocycles. The molecular weight excluding hydrogens is 366 g/mol. The van der Waals surface area contributed by atoms with E-state index in [1.165, 1.54) is 22.7 Å². The molecule has 5 atom stereocenters. The van der Waals surface area contributed by atoms with Crippen molar-refractivity contribution in [3.63, 3.8) is 0 Å². The monoisotopic (exact) mass is 379 g/mol. The molecule has 2 aliphatic heterocycles. The van der Waals surface area contributed by atoms with Crippen LogP contribution in [0.3, 0.4) is 0 Å². The maximum absolute atomic E-state index is 12.9. The van der Waals surface area contributed by atoms with Crippen LogP contribution in [0.15, 0.2) is 12.1 Å². The van der Waals surface area contributed by atoms with Crippen molar-refractivity contribution in [1.29, 1.82) is 0 Å². The van der Waals surface area contributed by atoms with Crippen molar-refractivity contribution >= 4 is 45.8 Å². The third-order valence-corrected chi connectivity index (χ3v) is 7.78. The SMILES string of the molecule is Cc1sc(-c2ccc(Cl)s2)nc1C1C(=O)[C@@H]2[C@H](C1=O)[C@@H]1CC[C@H]2O1. The minimum atomic E-state index is -0.701. The number of fused-ring (bicyclic) bond motifs is 5. The van der Waals surface area contributed by atoms with E-state index in [9.17, 15) is 9.59 Å². The average Bonchev–Trinajstić information content (AvgIpc) is 3.31. The second kappa shape index (κ2) is 5.21. The van der Waals surface area contributed by atoms with E-state index >= 15 is 0 Å². The highest BCUT2D eigenvalue weighted by Crippen LogP contribution is 2.53. The number of Topliss-reactive ketones (excluding diaryl/α,β-unsaturated/α-hetero) is 2. The van der Waals surface area contributed by atoms with Crippen LogP contribution in [-0.4, -0.2) is 28.8 Å². The molecule has 0 amide bonds. The molecule has 3 aliphatic rings. The molecule has 1 saturated carbocycles. The fraction of sp³-hybridized carbons (Fsp3) is 0.471. The molecule has 2 bridgehead atoms. The lowest BCUT2D eigenvalue weighted by Crippen LogP contribution is -2.29. The molecule has 0 spiro atoms. The molecule has 1 unspecified atom stereocenters. The van der Waals surface area contributed by atoms with Gasteiger partial charge in [0.05, 0.1) is 39.0 Å². The topological polar surface area (TPSA) is 56.3 Å². The summed E-state index contributed by atoms with van der Waals surface area (Å²) in [5, 5.41) is 0.830. The molecule has 0 radical (unpaired) electrons. The van der Waals surface area contributed by atoms with E-state index in [1.807, 2.05) is 19.1 Å². The number of carbonyl (C=O) groups excluding carboxylic acids is 2. The Kier molecular flexibility index (Phi) is 3.30. The number of rotatable bonds is 2. The number of hydrogen-bond acceptors (Lipinski definition) is 6. The van der Waals surface area contributed by atoms with Crippen LogP contribution in [0.1, 0.15) is 29.3 Å². The first-order valence-electron chi connectivity index (χ1n) is 8.00. The van der Waals surface area contributed by atoms with Crippen molar-refractivity contribution in [2.75, 3.05) is 0 Å². The number of thiophene rings is 1. The maximum Gasteiger partial charge on any atom is 0.155 e. The number of hydrogen-bond donors (Lipinski definition) is 0. The second-order valence-electron chi connectivity index (χ2n) is 6.64. The summed E-state index contributed by atoms with van der Waals surface area (Å²) in [6.45, 7) is 1.94. The highest BCUT2D eigenvalue weighted by molar-refractivity contribution is 7.23. The Morgan fingerprint density at radius 1 is 1.12 bits per heavy atom. The zero-order valence-corrected chi connectivity index (χ0v) is 15.2. The Morgan fingerprint density at radius 3 is 2.38 bits per heavy atom. The molecule has 2 aromatic rings. The first kappa shape index (κ1) is 15.2. The summed E-state index contributed by atoms with van der Waals surface area (Å²) in [5.74, 6) is -1.17. The van der Waals surface area contributed by atoms with E-state index in [1.54, 1.807) is 0 Å². The fourth-order valence-electron chi connectivity index (χ4n) is 4.41. The number of ether oxygens (including phenoxy) is 1. The van der Waals surface area contributed by atoms with Crippen LogP contribution in [0, 0.1) is 18.8 Å². The number of nitrogens with zero attached hydrogens (tertiary/aromatic N) is 1. The Morgan fingerprint density at radius 2 is 1.79 bits per heavy atom. The Hall–Kier alpha value is -1.08. The summed E-state index contributed by atoms with van der Waals surface area (Å²) < 4.78 is 6.50. The summed E-state index contributed by atoms with van der Waals surface area (Å²) in [5.41, 5.74) is 0.642. The third kappa shape index (κ3) is 1.97. The first-order chi connectivity index (χ1) is 11.5. The van der Waals surface area contributed by atoms with Crippen molar-refractivity contribution in [2.24, 2.45) is 11.8 Å². The number of thiazole rings is 1. The highest BCUT2D eigenvalue weighted by Gasteiger charge is 2.63. The minimum Gasteiger partial charge on any atom is -0.373 e. The lowest BCUT2D eigenvalue weighted by Gasteiger charge is -2.16. The van der Waals surface area contributed by atoms with Crippen LogP contribution < -0.4 is 0 Å². The zero-order chi connectivity index (χ0) is 16.6. The second-order valence-corrected chi connectivity index (χ2v) is 9.56. The molecule has 5 rings (SSSR count). The van der Waals surface area contributed by atoms with Crippen LogP contribution >= 0.6 is 34.3 Å². The predicted molar refractivity (Wildman–Crippen MR) is 92.8 cm³/mol. The molecule has 2 saturated heterocycles. The van der Waals surface area contributed by atoms with E-state index in [-0.39, 0.29) is 35.6 Å². The number of aryl methyl sites for hydroxylation is 1. The lowest BCUT2D eigenvalue weighted by atomic mass is 9.81. The average molecular weight is 380 g/mol. The largest absolute Gasteiger partial charge is 0.373 e. The van der Waals surface area contributed by atoms with Crippen LogP contribution in [0.5, 0.6) is 0 Å². The van der Waals surface area contributed by atoms with Crippen LogP contribution in [0.25, 0.3) is 9.88 Å². The quantitative estimate of drug-likeness (QED) is 0.743. The van der Waals surface area contributed by atoms with E-state index < -0.39 is 5.92 Å². The molecule has 2 aromatic heterocycles. The fourth-order valence-corrected chi connectivity index (χ4v) is 6.45. The molecule has 4 nitrogen and oxygen atoms in total. The van der Waals surface area contributed by atoms with Gasteiger partial charge in [0.1, 0.15) is 10.9 Å². The number of ketones is 2. The lowest BCUT2D eigenvalue weighted by molar-refractivity contribution is -0.127. The molecule has 0 N–H and O–H groups in total. The summed E-state index contributed by atoms with van der Waals surface area (Å²) in [4.78, 5) is 32.4.